The Balaban J connectivity index is 2.34. The number of carbonyl (C=O) groups is 1. The molecule has 6 heteroatoms. The van der Waals surface area contributed by atoms with Crippen LogP contribution < -0.4 is 14.2 Å². The minimum absolute atomic E-state index is 0.120. The highest BCUT2D eigenvalue weighted by Crippen LogP contribution is 2.37. The van der Waals surface area contributed by atoms with Crippen LogP contribution in [0, 0.1) is 0 Å². The van der Waals surface area contributed by atoms with E-state index in [-0.39, 0.29) is 11.9 Å². The topological polar surface area (TPSA) is 48.0 Å². The number of rotatable bonds is 7. The van der Waals surface area contributed by atoms with Crippen LogP contribution in [0.4, 0.5) is 0 Å². The molecule has 26 heavy (non-hydrogen) atoms. The van der Waals surface area contributed by atoms with E-state index in [0.29, 0.717) is 28.1 Å². The van der Waals surface area contributed by atoms with Crippen LogP contribution in [0.15, 0.2) is 40.9 Å². The summed E-state index contributed by atoms with van der Waals surface area (Å²) in [6.45, 7) is 4.37. The first-order chi connectivity index (χ1) is 12.4. The zero-order chi connectivity index (χ0) is 19.3. The van der Waals surface area contributed by atoms with Crippen molar-refractivity contribution in [2.45, 2.75) is 19.9 Å². The molecule has 140 valence electrons. The molecule has 0 aliphatic rings. The smallest absolute Gasteiger partial charge is 0.254 e. The van der Waals surface area contributed by atoms with Crippen molar-refractivity contribution in [2.24, 2.45) is 0 Å². The second-order valence-corrected chi connectivity index (χ2v) is 6.61. The lowest BCUT2D eigenvalue weighted by Crippen LogP contribution is -2.30. The fraction of sp³-hybridized carbons (Fsp3) is 0.350. The molecule has 1 unspecified atom stereocenters. The van der Waals surface area contributed by atoms with Crippen LogP contribution in [0.25, 0.3) is 0 Å². The fourth-order valence-electron chi connectivity index (χ4n) is 2.73. The largest absolute Gasteiger partial charge is 0.496 e. The summed E-state index contributed by atoms with van der Waals surface area (Å²) in [4.78, 5) is 14.7. The Morgan fingerprint density at radius 2 is 1.81 bits per heavy atom. The first-order valence-corrected chi connectivity index (χ1v) is 9.14. The summed E-state index contributed by atoms with van der Waals surface area (Å²) in [5.41, 5.74) is 1.46. The summed E-state index contributed by atoms with van der Waals surface area (Å²) in [6, 6.07) is 11.0. The average Bonchev–Trinajstić information content (AvgIpc) is 2.67. The molecule has 1 atom stereocenters. The number of amides is 1. The van der Waals surface area contributed by atoms with Crippen molar-refractivity contribution in [3.8, 4) is 17.2 Å². The van der Waals surface area contributed by atoms with Crippen molar-refractivity contribution in [2.75, 3.05) is 27.9 Å². The van der Waals surface area contributed by atoms with Crippen LogP contribution >= 0.6 is 15.9 Å². The Labute approximate surface area is 163 Å². The van der Waals surface area contributed by atoms with Crippen molar-refractivity contribution < 1.29 is 19.0 Å². The predicted molar refractivity (Wildman–Crippen MR) is 105 cm³/mol. The van der Waals surface area contributed by atoms with Gasteiger partial charge >= 0.3 is 0 Å². The monoisotopic (exact) mass is 421 g/mol. The summed E-state index contributed by atoms with van der Waals surface area (Å²) in [5, 5.41) is 0. The number of halogens is 1. The molecule has 0 bridgehead atoms. The third-order valence-corrected chi connectivity index (χ3v) is 4.84. The number of methoxy groups -OCH3 is 2. The van der Waals surface area contributed by atoms with Crippen LogP contribution in [0.5, 0.6) is 17.2 Å². The van der Waals surface area contributed by atoms with Gasteiger partial charge in [-0.25, -0.2) is 0 Å². The van der Waals surface area contributed by atoms with Gasteiger partial charge in [-0.1, -0.05) is 18.2 Å². The SMILES string of the molecule is CCOc1c(Br)cc(C(=O)N(C)C(C)c2ccccc2OC)cc1OC. The van der Waals surface area contributed by atoms with Gasteiger partial charge in [-0.3, -0.25) is 4.79 Å². The quantitative estimate of drug-likeness (QED) is 0.649. The molecule has 0 heterocycles. The molecule has 2 aromatic carbocycles. The molecule has 0 aliphatic carbocycles. The van der Waals surface area contributed by atoms with Gasteiger partial charge in [0.1, 0.15) is 5.75 Å². The highest BCUT2D eigenvalue weighted by atomic mass is 79.9. The third-order valence-electron chi connectivity index (χ3n) is 4.26. The number of para-hydroxylation sites is 1. The van der Waals surface area contributed by atoms with Crippen LogP contribution in [-0.2, 0) is 0 Å². The van der Waals surface area contributed by atoms with Crippen molar-refractivity contribution in [3.05, 3.63) is 52.0 Å². The van der Waals surface area contributed by atoms with Crippen molar-refractivity contribution in [1.29, 1.82) is 0 Å². The second kappa shape index (κ2) is 8.94. The van der Waals surface area contributed by atoms with Crippen molar-refractivity contribution >= 4 is 21.8 Å². The summed E-state index contributed by atoms with van der Waals surface area (Å²) in [7, 11) is 4.96. The van der Waals surface area contributed by atoms with Gasteiger partial charge in [-0.05, 0) is 48.0 Å². The maximum atomic E-state index is 13.0. The molecule has 0 radical (unpaired) electrons. The lowest BCUT2D eigenvalue weighted by atomic mass is 10.0. The first-order valence-electron chi connectivity index (χ1n) is 8.34. The van der Waals surface area contributed by atoms with E-state index in [1.54, 1.807) is 38.3 Å². The van der Waals surface area contributed by atoms with Crippen LogP contribution in [0.2, 0.25) is 0 Å². The molecule has 0 saturated heterocycles. The number of ether oxygens (including phenoxy) is 3. The van der Waals surface area contributed by atoms with Gasteiger partial charge in [0.05, 0.1) is 31.3 Å². The van der Waals surface area contributed by atoms with Crippen LogP contribution in [0.1, 0.15) is 35.8 Å². The maximum absolute atomic E-state index is 13.0. The molecule has 0 saturated carbocycles. The zero-order valence-electron chi connectivity index (χ0n) is 15.7. The Morgan fingerprint density at radius 3 is 2.42 bits per heavy atom. The van der Waals surface area contributed by atoms with Gasteiger partial charge in [-0.2, -0.15) is 0 Å². The van der Waals surface area contributed by atoms with E-state index in [1.165, 1.54) is 0 Å². The molecule has 0 N–H and O–H groups in total. The lowest BCUT2D eigenvalue weighted by molar-refractivity contribution is 0.0740. The maximum Gasteiger partial charge on any atom is 0.254 e. The first kappa shape index (κ1) is 20.1. The Bertz CT molecular complexity index is 778. The average molecular weight is 422 g/mol. The van der Waals surface area contributed by atoms with Gasteiger partial charge in [0.15, 0.2) is 11.5 Å². The molecular weight excluding hydrogens is 398 g/mol. The molecule has 2 rings (SSSR count). The number of hydrogen-bond acceptors (Lipinski definition) is 4. The van der Waals surface area contributed by atoms with Gasteiger partial charge in [0.25, 0.3) is 5.91 Å². The van der Waals surface area contributed by atoms with Crippen LogP contribution in [-0.4, -0.2) is 38.7 Å². The number of hydrogen-bond donors (Lipinski definition) is 0. The van der Waals surface area contributed by atoms with E-state index < -0.39 is 0 Å². The highest BCUT2D eigenvalue weighted by Gasteiger charge is 2.23. The van der Waals surface area contributed by atoms with Crippen molar-refractivity contribution in [1.82, 2.24) is 4.90 Å². The van der Waals surface area contributed by atoms with Gasteiger partial charge < -0.3 is 19.1 Å². The Kier molecular flexibility index (Phi) is 6.91. The molecule has 0 spiro atoms. The standard InChI is InChI=1S/C20H24BrNO4/c1-6-26-19-16(21)11-14(12-18(19)25-5)20(23)22(3)13(2)15-9-7-8-10-17(15)24-4/h7-13H,6H2,1-5H3. The molecule has 0 fully saturated rings. The van der Waals surface area contributed by atoms with E-state index >= 15 is 0 Å². The molecule has 2 aromatic rings. The fourth-order valence-corrected chi connectivity index (χ4v) is 3.28. The van der Waals surface area contributed by atoms with Gasteiger partial charge in [0.2, 0.25) is 0 Å². The number of nitrogens with zero attached hydrogens (tertiary/aromatic N) is 1. The zero-order valence-corrected chi connectivity index (χ0v) is 17.3. The predicted octanol–water partition coefficient (Wildman–Crippen LogP) is 4.70. The summed E-state index contributed by atoms with van der Waals surface area (Å²) >= 11 is 3.47. The van der Waals surface area contributed by atoms with E-state index in [9.17, 15) is 4.79 Å². The number of benzene rings is 2. The second-order valence-electron chi connectivity index (χ2n) is 5.76. The lowest BCUT2D eigenvalue weighted by Gasteiger charge is -2.27. The molecule has 1 amide bonds. The van der Waals surface area contributed by atoms with E-state index in [0.717, 1.165) is 11.3 Å². The molecule has 5 nitrogen and oxygen atoms in total. The third kappa shape index (κ3) is 4.12. The van der Waals surface area contributed by atoms with Gasteiger partial charge in [-0.15, -0.1) is 0 Å². The molecule has 0 aliphatic heterocycles. The molecule has 0 aromatic heterocycles. The van der Waals surface area contributed by atoms with E-state index in [1.807, 2.05) is 38.1 Å². The normalized spacial score (nSPS) is 11.6. The summed E-state index contributed by atoms with van der Waals surface area (Å²) in [6.07, 6.45) is 0. The Morgan fingerprint density at radius 1 is 1.15 bits per heavy atom. The summed E-state index contributed by atoms with van der Waals surface area (Å²) < 4.78 is 17.1. The number of carbonyl (C=O) groups excluding carboxylic acids is 1. The Hall–Kier alpha value is -2.21. The minimum Gasteiger partial charge on any atom is -0.496 e. The van der Waals surface area contributed by atoms with Crippen molar-refractivity contribution in [3.63, 3.8) is 0 Å². The highest BCUT2D eigenvalue weighted by molar-refractivity contribution is 9.10. The van der Waals surface area contributed by atoms with Crippen LogP contribution in [0.3, 0.4) is 0 Å². The van der Waals surface area contributed by atoms with E-state index in [4.69, 9.17) is 14.2 Å². The minimum atomic E-state index is -0.157. The van der Waals surface area contributed by atoms with E-state index in [2.05, 4.69) is 15.9 Å². The summed E-state index contributed by atoms with van der Waals surface area (Å²) in [5.74, 6) is 1.74. The molecular formula is C20H24BrNO4. The van der Waals surface area contributed by atoms with Gasteiger partial charge in [0, 0.05) is 18.2 Å².